The summed E-state index contributed by atoms with van der Waals surface area (Å²) in [6.07, 6.45) is 1.69. The zero-order valence-electron chi connectivity index (χ0n) is 20.0. The molecule has 0 spiro atoms. The minimum Gasteiger partial charge on any atom is -0.347 e. The molecule has 3 heterocycles. The maximum atomic E-state index is 13.2. The summed E-state index contributed by atoms with van der Waals surface area (Å²) in [6.45, 7) is 0.331. The van der Waals surface area contributed by atoms with Gasteiger partial charge in [-0.15, -0.1) is 0 Å². The molecular weight excluding hydrogens is 498 g/mol. The molecule has 0 atom stereocenters. The van der Waals surface area contributed by atoms with Gasteiger partial charge in [-0.3, -0.25) is 14.6 Å². The summed E-state index contributed by atoms with van der Waals surface area (Å²) in [4.78, 5) is 42.9. The van der Waals surface area contributed by atoms with Crippen LogP contribution in [0.15, 0.2) is 102 Å². The van der Waals surface area contributed by atoms with Crippen LogP contribution in [0.1, 0.15) is 16.1 Å². The number of amides is 1. The second kappa shape index (κ2) is 9.88. The van der Waals surface area contributed by atoms with Gasteiger partial charge in [-0.2, -0.15) is 0 Å². The summed E-state index contributed by atoms with van der Waals surface area (Å²) in [6, 6.07) is 27.8. The fourth-order valence-electron chi connectivity index (χ4n) is 4.34. The van der Waals surface area contributed by atoms with E-state index >= 15 is 0 Å². The van der Waals surface area contributed by atoms with E-state index in [9.17, 15) is 9.59 Å². The molecule has 3 aromatic carbocycles. The number of hydrogen-bond acceptors (Lipinski definition) is 5. The first kappa shape index (κ1) is 23.5. The lowest BCUT2D eigenvalue weighted by Gasteiger charge is -2.12. The molecule has 6 rings (SSSR count). The van der Waals surface area contributed by atoms with Crippen molar-refractivity contribution in [3.8, 4) is 22.5 Å². The van der Waals surface area contributed by atoms with Gasteiger partial charge in [0.1, 0.15) is 5.69 Å². The van der Waals surface area contributed by atoms with Crippen LogP contribution in [0.3, 0.4) is 0 Å². The molecular formula is C30H20ClN5O2. The minimum atomic E-state index is -0.412. The number of rotatable bonds is 5. The highest BCUT2D eigenvalue weighted by atomic mass is 35.5. The molecule has 0 aliphatic heterocycles. The van der Waals surface area contributed by atoms with E-state index in [4.69, 9.17) is 21.6 Å². The Balaban J connectivity index is 1.49. The Labute approximate surface area is 222 Å². The monoisotopic (exact) mass is 517 g/mol. The van der Waals surface area contributed by atoms with Crippen molar-refractivity contribution in [1.82, 2.24) is 25.3 Å². The van der Waals surface area contributed by atoms with Gasteiger partial charge in [0.25, 0.3) is 5.91 Å². The molecule has 0 bridgehead atoms. The molecule has 0 aliphatic rings. The van der Waals surface area contributed by atoms with E-state index in [2.05, 4.69) is 15.3 Å². The summed E-state index contributed by atoms with van der Waals surface area (Å²) in [5, 5.41) is 4.15. The first-order valence-corrected chi connectivity index (χ1v) is 12.3. The number of nitrogens with zero attached hydrogens (tertiary/aromatic N) is 3. The van der Waals surface area contributed by atoms with Crippen LogP contribution in [-0.4, -0.2) is 25.8 Å². The number of aromatic amines is 1. The van der Waals surface area contributed by atoms with Crippen molar-refractivity contribution in [3.63, 3.8) is 0 Å². The number of hydrogen-bond donors (Lipinski definition) is 2. The second-order valence-corrected chi connectivity index (χ2v) is 9.14. The highest BCUT2D eigenvalue weighted by molar-refractivity contribution is 6.35. The zero-order chi connectivity index (χ0) is 26.1. The van der Waals surface area contributed by atoms with Crippen LogP contribution in [0.4, 0.5) is 0 Å². The van der Waals surface area contributed by atoms with E-state index < -0.39 is 11.3 Å². The molecule has 0 aliphatic carbocycles. The molecule has 2 N–H and O–H groups in total. The lowest BCUT2D eigenvalue weighted by molar-refractivity contribution is 0.0946. The zero-order valence-corrected chi connectivity index (χ0v) is 20.7. The summed E-state index contributed by atoms with van der Waals surface area (Å²) in [7, 11) is 0. The van der Waals surface area contributed by atoms with Crippen LogP contribution >= 0.6 is 11.6 Å². The quantitative estimate of drug-likeness (QED) is 0.302. The Morgan fingerprint density at radius 2 is 1.55 bits per heavy atom. The van der Waals surface area contributed by atoms with Crippen LogP contribution in [0.5, 0.6) is 0 Å². The molecule has 0 fully saturated rings. The molecule has 1 amide bonds. The number of carbonyl (C=O) groups is 1. The molecule has 8 heteroatoms. The first-order valence-electron chi connectivity index (χ1n) is 11.9. The standard InChI is InChI=1S/C30H20ClN5O2/c31-22-15-21(14-20-12-7-13-32-25(20)22)27-26(19-10-5-2-6-11-19)36-29-28(35-27)24(37)16-23(34-29)30(38)33-17-18-8-3-1-4-9-18/h1-16H,17H2,(H,33,38)(H,34,36,37). The predicted molar refractivity (Wildman–Crippen MR) is 149 cm³/mol. The number of carbonyl (C=O) groups excluding carboxylic acids is 1. The molecule has 0 saturated carbocycles. The van der Waals surface area contributed by atoms with Crippen molar-refractivity contribution in [2.24, 2.45) is 0 Å². The Morgan fingerprint density at radius 1 is 0.816 bits per heavy atom. The van der Waals surface area contributed by atoms with Gasteiger partial charge < -0.3 is 10.3 Å². The smallest absolute Gasteiger partial charge is 0.268 e. The first-order chi connectivity index (χ1) is 18.6. The molecule has 0 unspecified atom stereocenters. The van der Waals surface area contributed by atoms with Gasteiger partial charge in [0.15, 0.2) is 11.2 Å². The van der Waals surface area contributed by atoms with E-state index in [1.165, 1.54) is 6.07 Å². The SMILES string of the molecule is O=C(NCc1ccccc1)c1cc(=O)c2nc(-c3cc(Cl)c4ncccc4c3)c(-c3ccccc3)nc2[nH]1. The number of halogens is 1. The second-order valence-electron chi connectivity index (χ2n) is 8.73. The van der Waals surface area contributed by atoms with Crippen LogP contribution in [0.25, 0.3) is 44.6 Å². The lowest BCUT2D eigenvalue weighted by Crippen LogP contribution is -2.25. The number of fused-ring (bicyclic) bond motifs is 2. The Hall–Kier alpha value is -4.88. The number of pyridine rings is 2. The molecule has 3 aromatic heterocycles. The van der Waals surface area contributed by atoms with Crippen LogP contribution in [0.2, 0.25) is 5.02 Å². The maximum absolute atomic E-state index is 13.2. The number of benzene rings is 3. The van der Waals surface area contributed by atoms with Crippen LogP contribution in [0, 0.1) is 0 Å². The largest absolute Gasteiger partial charge is 0.347 e. The van der Waals surface area contributed by atoms with Crippen molar-refractivity contribution in [1.29, 1.82) is 0 Å². The Kier molecular flexibility index (Phi) is 6.11. The van der Waals surface area contributed by atoms with E-state index in [-0.39, 0.29) is 16.9 Å². The molecule has 38 heavy (non-hydrogen) atoms. The fourth-order valence-corrected chi connectivity index (χ4v) is 4.61. The topological polar surface area (TPSA) is 101 Å². The number of aromatic nitrogens is 4. The van der Waals surface area contributed by atoms with Crippen molar-refractivity contribution in [3.05, 3.63) is 124 Å². The summed E-state index contributed by atoms with van der Waals surface area (Å²) in [5.41, 5.74) is 4.23. The van der Waals surface area contributed by atoms with Gasteiger partial charge in [-0.05, 0) is 23.8 Å². The van der Waals surface area contributed by atoms with Gasteiger partial charge in [-0.1, -0.05) is 78.3 Å². The van der Waals surface area contributed by atoms with Crippen molar-refractivity contribution in [2.75, 3.05) is 0 Å². The van der Waals surface area contributed by atoms with Gasteiger partial charge in [0.2, 0.25) is 5.43 Å². The highest BCUT2D eigenvalue weighted by Crippen LogP contribution is 2.34. The van der Waals surface area contributed by atoms with Gasteiger partial charge in [-0.25, -0.2) is 9.97 Å². The average molecular weight is 518 g/mol. The fraction of sp³-hybridized carbons (Fsp3) is 0.0333. The van der Waals surface area contributed by atoms with Gasteiger partial charge in [0.05, 0.1) is 21.9 Å². The number of H-pyrrole nitrogens is 1. The van der Waals surface area contributed by atoms with Crippen LogP contribution < -0.4 is 10.7 Å². The van der Waals surface area contributed by atoms with Crippen molar-refractivity contribution in [2.45, 2.75) is 6.54 Å². The molecule has 0 saturated heterocycles. The van der Waals surface area contributed by atoms with Crippen molar-refractivity contribution >= 4 is 39.6 Å². The summed E-state index contributed by atoms with van der Waals surface area (Å²) in [5.74, 6) is -0.409. The van der Waals surface area contributed by atoms with E-state index in [1.54, 1.807) is 12.3 Å². The molecule has 0 radical (unpaired) electrons. The third-order valence-electron chi connectivity index (χ3n) is 6.18. The Morgan fingerprint density at radius 3 is 2.34 bits per heavy atom. The van der Waals surface area contributed by atoms with E-state index in [0.29, 0.717) is 34.0 Å². The van der Waals surface area contributed by atoms with E-state index in [1.807, 2.05) is 78.9 Å². The van der Waals surface area contributed by atoms with Gasteiger partial charge in [0, 0.05) is 35.3 Å². The average Bonchev–Trinajstić information content (AvgIpc) is 2.96. The summed E-state index contributed by atoms with van der Waals surface area (Å²) < 4.78 is 0. The van der Waals surface area contributed by atoms with Crippen LogP contribution in [-0.2, 0) is 6.54 Å². The van der Waals surface area contributed by atoms with E-state index in [0.717, 1.165) is 16.5 Å². The molecule has 6 aromatic rings. The van der Waals surface area contributed by atoms with Gasteiger partial charge >= 0.3 is 0 Å². The Bertz CT molecular complexity index is 1870. The third-order valence-corrected chi connectivity index (χ3v) is 6.47. The predicted octanol–water partition coefficient (Wildman–Crippen LogP) is 5.78. The normalized spacial score (nSPS) is 11.1. The summed E-state index contributed by atoms with van der Waals surface area (Å²) >= 11 is 6.57. The van der Waals surface area contributed by atoms with Crippen molar-refractivity contribution < 1.29 is 4.79 Å². The molecule has 7 nitrogen and oxygen atoms in total. The molecule has 184 valence electrons. The minimum absolute atomic E-state index is 0.110. The third kappa shape index (κ3) is 4.51. The highest BCUT2D eigenvalue weighted by Gasteiger charge is 2.18. The maximum Gasteiger partial charge on any atom is 0.268 e. The lowest BCUT2D eigenvalue weighted by atomic mass is 10.0. The number of nitrogens with one attached hydrogen (secondary N) is 2.